The second kappa shape index (κ2) is 6.96. The number of imidazole rings is 1. The van der Waals surface area contributed by atoms with Crippen LogP contribution in [0.1, 0.15) is 29.6 Å². The van der Waals surface area contributed by atoms with Crippen molar-refractivity contribution in [1.29, 1.82) is 0 Å². The van der Waals surface area contributed by atoms with Gasteiger partial charge in [0.15, 0.2) is 0 Å². The van der Waals surface area contributed by atoms with E-state index in [1.165, 1.54) is 17.3 Å². The number of carboxylic acids is 1. The Bertz CT molecular complexity index is 755. The number of carbonyl (C=O) groups excluding carboxylic acids is 1. The van der Waals surface area contributed by atoms with Crippen molar-refractivity contribution in [3.8, 4) is 0 Å². The van der Waals surface area contributed by atoms with E-state index in [1.807, 2.05) is 0 Å². The molecule has 2 N–H and O–H groups in total. The summed E-state index contributed by atoms with van der Waals surface area (Å²) in [5.74, 6) is -1.99. The van der Waals surface area contributed by atoms with E-state index in [1.54, 1.807) is 0 Å². The molecule has 0 radical (unpaired) electrons. The van der Waals surface area contributed by atoms with Crippen LogP contribution < -0.4 is 0 Å². The van der Waals surface area contributed by atoms with E-state index in [9.17, 15) is 14.0 Å². The highest BCUT2D eigenvalue weighted by Crippen LogP contribution is 2.21. The summed E-state index contributed by atoms with van der Waals surface area (Å²) in [7, 11) is 0. The van der Waals surface area contributed by atoms with Gasteiger partial charge in [-0.2, -0.15) is 0 Å². The molecule has 128 valence electrons. The van der Waals surface area contributed by atoms with E-state index < -0.39 is 17.7 Å². The number of carboxylic acid groups (broad SMARTS) is 1. The Kier molecular flexibility index (Phi) is 4.75. The lowest BCUT2D eigenvalue weighted by Crippen LogP contribution is -2.39. The zero-order valence-corrected chi connectivity index (χ0v) is 13.0. The summed E-state index contributed by atoms with van der Waals surface area (Å²) in [6.45, 7) is 0.959. The van der Waals surface area contributed by atoms with Crippen molar-refractivity contribution < 1.29 is 23.8 Å². The van der Waals surface area contributed by atoms with Gasteiger partial charge in [0.05, 0.1) is 29.9 Å². The van der Waals surface area contributed by atoms with Gasteiger partial charge in [-0.15, -0.1) is 0 Å². The Hall–Kier alpha value is -2.48. The van der Waals surface area contributed by atoms with Crippen LogP contribution >= 0.6 is 0 Å². The number of ether oxygens (including phenoxy) is 1. The predicted molar refractivity (Wildman–Crippen MR) is 83.2 cm³/mol. The molecule has 2 heterocycles. The minimum absolute atomic E-state index is 0.0382. The number of H-pyrrole nitrogens is 1. The minimum Gasteiger partial charge on any atom is -0.481 e. The fraction of sp³-hybridized carbons (Fsp3) is 0.438. The molecule has 1 atom stereocenters. The number of halogens is 1. The lowest BCUT2D eigenvalue weighted by atomic mass is 10.1. The molecular formula is C16H18FN3O4. The second-order valence-electron chi connectivity index (χ2n) is 5.78. The average molecular weight is 335 g/mol. The summed E-state index contributed by atoms with van der Waals surface area (Å²) in [6.07, 6.45) is 2.82. The van der Waals surface area contributed by atoms with E-state index in [0.717, 1.165) is 18.9 Å². The number of aliphatic carboxylic acids is 1. The summed E-state index contributed by atoms with van der Waals surface area (Å²) in [5, 5.41) is 8.91. The van der Waals surface area contributed by atoms with Crippen molar-refractivity contribution in [2.45, 2.75) is 25.4 Å². The van der Waals surface area contributed by atoms with E-state index in [4.69, 9.17) is 9.84 Å². The molecule has 1 saturated heterocycles. The van der Waals surface area contributed by atoms with Gasteiger partial charge in [0, 0.05) is 19.7 Å². The molecule has 1 aromatic carbocycles. The van der Waals surface area contributed by atoms with E-state index in [0.29, 0.717) is 17.6 Å². The topological polar surface area (TPSA) is 95.5 Å². The van der Waals surface area contributed by atoms with Crippen molar-refractivity contribution >= 4 is 22.9 Å². The third-order valence-corrected chi connectivity index (χ3v) is 4.05. The molecule has 2 aromatic rings. The maximum absolute atomic E-state index is 13.8. The van der Waals surface area contributed by atoms with Crippen LogP contribution in [0.25, 0.3) is 11.0 Å². The number of nitrogens with one attached hydrogen (secondary N) is 1. The van der Waals surface area contributed by atoms with Crippen LogP contribution in [-0.4, -0.2) is 57.7 Å². The SMILES string of the molecule is O=C(O)CCN(CC1CCCO1)C(=O)c1cc(F)cc2[nH]cnc12. The maximum atomic E-state index is 13.8. The largest absolute Gasteiger partial charge is 0.481 e. The van der Waals surface area contributed by atoms with Crippen LogP contribution in [0.2, 0.25) is 0 Å². The number of carbonyl (C=O) groups is 2. The molecule has 3 rings (SSSR count). The van der Waals surface area contributed by atoms with Gasteiger partial charge in [0.25, 0.3) is 5.91 Å². The maximum Gasteiger partial charge on any atom is 0.305 e. The lowest BCUT2D eigenvalue weighted by molar-refractivity contribution is -0.137. The molecule has 1 unspecified atom stereocenters. The number of nitrogens with zero attached hydrogens (tertiary/aromatic N) is 2. The highest BCUT2D eigenvalue weighted by atomic mass is 19.1. The molecule has 0 bridgehead atoms. The number of aromatic amines is 1. The third kappa shape index (κ3) is 3.53. The molecule has 1 aliphatic rings. The van der Waals surface area contributed by atoms with Crippen molar-refractivity contribution in [3.63, 3.8) is 0 Å². The van der Waals surface area contributed by atoms with Crippen molar-refractivity contribution in [3.05, 3.63) is 29.8 Å². The first-order chi connectivity index (χ1) is 11.5. The smallest absolute Gasteiger partial charge is 0.305 e. The van der Waals surface area contributed by atoms with Crippen LogP contribution in [0.4, 0.5) is 4.39 Å². The Morgan fingerprint density at radius 2 is 2.29 bits per heavy atom. The predicted octanol–water partition coefficient (Wildman–Crippen LogP) is 1.80. The molecule has 7 nitrogen and oxygen atoms in total. The lowest BCUT2D eigenvalue weighted by Gasteiger charge is -2.25. The van der Waals surface area contributed by atoms with Crippen LogP contribution in [0.3, 0.4) is 0 Å². The van der Waals surface area contributed by atoms with Gasteiger partial charge >= 0.3 is 5.97 Å². The first-order valence-corrected chi connectivity index (χ1v) is 7.80. The van der Waals surface area contributed by atoms with Crippen molar-refractivity contribution in [1.82, 2.24) is 14.9 Å². The fourth-order valence-corrected chi connectivity index (χ4v) is 2.89. The molecule has 1 aliphatic heterocycles. The van der Waals surface area contributed by atoms with Gasteiger partial charge in [-0.25, -0.2) is 9.37 Å². The summed E-state index contributed by atoms with van der Waals surface area (Å²) < 4.78 is 19.3. The van der Waals surface area contributed by atoms with Gasteiger partial charge in [0.1, 0.15) is 11.3 Å². The van der Waals surface area contributed by atoms with Gasteiger partial charge in [-0.05, 0) is 25.0 Å². The van der Waals surface area contributed by atoms with E-state index in [2.05, 4.69) is 9.97 Å². The molecule has 1 aromatic heterocycles. The third-order valence-electron chi connectivity index (χ3n) is 4.05. The van der Waals surface area contributed by atoms with Gasteiger partial charge in [0.2, 0.25) is 0 Å². The Morgan fingerprint density at radius 3 is 3.00 bits per heavy atom. The molecule has 1 amide bonds. The number of benzene rings is 1. The van der Waals surface area contributed by atoms with Crippen molar-refractivity contribution in [2.24, 2.45) is 0 Å². The van der Waals surface area contributed by atoms with Crippen LogP contribution in [0, 0.1) is 5.82 Å². The number of rotatable bonds is 6. The highest BCUT2D eigenvalue weighted by Gasteiger charge is 2.26. The summed E-state index contributed by atoms with van der Waals surface area (Å²) in [5.41, 5.74) is 0.914. The Labute approximate surface area is 137 Å². The number of amides is 1. The summed E-state index contributed by atoms with van der Waals surface area (Å²) in [6, 6.07) is 2.40. The Balaban J connectivity index is 1.87. The summed E-state index contributed by atoms with van der Waals surface area (Å²) >= 11 is 0. The summed E-state index contributed by atoms with van der Waals surface area (Å²) in [4.78, 5) is 32.0. The van der Waals surface area contributed by atoms with Gasteiger partial charge in [-0.3, -0.25) is 9.59 Å². The van der Waals surface area contributed by atoms with Crippen LogP contribution in [0.15, 0.2) is 18.5 Å². The quantitative estimate of drug-likeness (QED) is 0.839. The normalized spacial score (nSPS) is 17.3. The number of aromatic nitrogens is 2. The first-order valence-electron chi connectivity index (χ1n) is 7.80. The molecule has 1 fully saturated rings. The zero-order valence-electron chi connectivity index (χ0n) is 13.0. The van der Waals surface area contributed by atoms with Gasteiger partial charge < -0.3 is 19.7 Å². The molecule has 0 aliphatic carbocycles. The highest BCUT2D eigenvalue weighted by molar-refractivity contribution is 6.04. The zero-order chi connectivity index (χ0) is 17.1. The first kappa shape index (κ1) is 16.4. The Morgan fingerprint density at radius 1 is 1.46 bits per heavy atom. The second-order valence-corrected chi connectivity index (χ2v) is 5.78. The van der Waals surface area contributed by atoms with E-state index >= 15 is 0 Å². The molecule has 24 heavy (non-hydrogen) atoms. The van der Waals surface area contributed by atoms with Gasteiger partial charge in [-0.1, -0.05) is 0 Å². The van der Waals surface area contributed by atoms with Crippen LogP contribution in [-0.2, 0) is 9.53 Å². The standard InChI is InChI=1S/C16H18FN3O4/c17-10-6-12(15-13(7-10)18-9-19-15)16(23)20(4-3-14(21)22)8-11-2-1-5-24-11/h6-7,9,11H,1-5,8H2,(H,18,19)(H,21,22). The number of hydrogen-bond acceptors (Lipinski definition) is 4. The van der Waals surface area contributed by atoms with Crippen molar-refractivity contribution in [2.75, 3.05) is 19.7 Å². The molecule has 0 saturated carbocycles. The number of fused-ring (bicyclic) bond motifs is 1. The average Bonchev–Trinajstić information content (AvgIpc) is 3.20. The molecule has 8 heteroatoms. The number of hydrogen-bond donors (Lipinski definition) is 2. The fourth-order valence-electron chi connectivity index (χ4n) is 2.89. The van der Waals surface area contributed by atoms with Crippen LogP contribution in [0.5, 0.6) is 0 Å². The monoisotopic (exact) mass is 335 g/mol. The minimum atomic E-state index is -0.996. The molecular weight excluding hydrogens is 317 g/mol. The van der Waals surface area contributed by atoms with E-state index in [-0.39, 0.29) is 31.2 Å². The molecule has 0 spiro atoms.